The number of nitrogens with one attached hydrogen (secondary N) is 1. The van der Waals surface area contributed by atoms with Gasteiger partial charge in [0.25, 0.3) is 5.91 Å². The van der Waals surface area contributed by atoms with Gasteiger partial charge in [-0.05, 0) is 52.1 Å². The maximum Gasteiger partial charge on any atom is 0.271 e. The normalized spacial score (nSPS) is 16.2. The van der Waals surface area contributed by atoms with Crippen molar-refractivity contribution >= 4 is 18.3 Å². The largest absolute Gasteiger partial charge is 0.350 e. The van der Waals surface area contributed by atoms with Gasteiger partial charge in [0.2, 0.25) is 0 Å². The average molecular weight is 315 g/mol. The van der Waals surface area contributed by atoms with Crippen LogP contribution in [-0.2, 0) is 5.54 Å². The SMILES string of the molecule is CC(CN)CNC(=O)c1cc(C2CC2)n(C(C)(C)C)n1.Cl. The Hall–Kier alpha value is -1.07. The zero-order valence-electron chi connectivity index (χ0n) is 13.3. The predicted molar refractivity (Wildman–Crippen MR) is 87.0 cm³/mol. The molecule has 120 valence electrons. The van der Waals surface area contributed by atoms with Gasteiger partial charge in [-0.25, -0.2) is 0 Å². The summed E-state index contributed by atoms with van der Waals surface area (Å²) in [5, 5.41) is 7.43. The van der Waals surface area contributed by atoms with Crippen molar-refractivity contribution in [2.75, 3.05) is 13.1 Å². The number of carbonyl (C=O) groups excluding carboxylic acids is 1. The first kappa shape index (κ1) is 18.0. The lowest BCUT2D eigenvalue weighted by atomic mass is 10.1. The Morgan fingerprint density at radius 2 is 2.14 bits per heavy atom. The van der Waals surface area contributed by atoms with Gasteiger partial charge >= 0.3 is 0 Å². The maximum absolute atomic E-state index is 12.2. The van der Waals surface area contributed by atoms with E-state index in [-0.39, 0.29) is 29.8 Å². The van der Waals surface area contributed by atoms with Crippen LogP contribution in [-0.4, -0.2) is 28.8 Å². The Balaban J connectivity index is 0.00000220. The summed E-state index contributed by atoms with van der Waals surface area (Å²) in [7, 11) is 0. The van der Waals surface area contributed by atoms with Gasteiger partial charge in [0.1, 0.15) is 5.69 Å². The topological polar surface area (TPSA) is 72.9 Å². The lowest BCUT2D eigenvalue weighted by Crippen LogP contribution is -2.32. The highest BCUT2D eigenvalue weighted by molar-refractivity contribution is 5.92. The molecule has 1 aromatic heterocycles. The molecule has 1 aliphatic rings. The summed E-state index contributed by atoms with van der Waals surface area (Å²) >= 11 is 0. The van der Waals surface area contributed by atoms with Crippen LogP contribution in [0.15, 0.2) is 6.07 Å². The molecule has 0 spiro atoms. The van der Waals surface area contributed by atoms with Crippen molar-refractivity contribution in [2.45, 2.75) is 52.0 Å². The van der Waals surface area contributed by atoms with Gasteiger partial charge in [0.15, 0.2) is 0 Å². The number of hydrogen-bond donors (Lipinski definition) is 2. The van der Waals surface area contributed by atoms with Crippen molar-refractivity contribution in [1.82, 2.24) is 15.1 Å². The van der Waals surface area contributed by atoms with Crippen LogP contribution in [0.25, 0.3) is 0 Å². The van der Waals surface area contributed by atoms with Crippen LogP contribution in [0.5, 0.6) is 0 Å². The second-order valence-corrected chi connectivity index (χ2v) is 6.86. The van der Waals surface area contributed by atoms with Crippen LogP contribution in [0, 0.1) is 5.92 Å². The average Bonchev–Trinajstić information content (AvgIpc) is 3.12. The molecule has 1 fully saturated rings. The van der Waals surface area contributed by atoms with Crippen molar-refractivity contribution in [1.29, 1.82) is 0 Å². The van der Waals surface area contributed by atoms with E-state index in [9.17, 15) is 4.79 Å². The number of rotatable bonds is 5. The monoisotopic (exact) mass is 314 g/mol. The van der Waals surface area contributed by atoms with E-state index in [1.54, 1.807) is 0 Å². The zero-order chi connectivity index (χ0) is 14.9. The minimum atomic E-state index is -0.102. The van der Waals surface area contributed by atoms with Gasteiger partial charge in [-0.2, -0.15) is 5.10 Å². The summed E-state index contributed by atoms with van der Waals surface area (Å²) in [5.74, 6) is 0.757. The second-order valence-electron chi connectivity index (χ2n) is 6.86. The molecule has 2 rings (SSSR count). The Labute approximate surface area is 133 Å². The van der Waals surface area contributed by atoms with Crippen molar-refractivity contribution in [3.05, 3.63) is 17.5 Å². The number of hydrogen-bond acceptors (Lipinski definition) is 3. The Bertz CT molecular complexity index is 488. The molecule has 0 saturated heterocycles. The van der Waals surface area contributed by atoms with Crippen molar-refractivity contribution in [2.24, 2.45) is 11.7 Å². The highest BCUT2D eigenvalue weighted by Crippen LogP contribution is 2.41. The molecule has 1 heterocycles. The Kier molecular flexibility index (Phi) is 5.82. The third-order valence-corrected chi connectivity index (χ3v) is 3.61. The molecule has 3 N–H and O–H groups in total. The molecule has 5 nitrogen and oxygen atoms in total. The van der Waals surface area contributed by atoms with E-state index < -0.39 is 0 Å². The lowest BCUT2D eigenvalue weighted by Gasteiger charge is -2.22. The van der Waals surface area contributed by atoms with E-state index >= 15 is 0 Å². The smallest absolute Gasteiger partial charge is 0.271 e. The van der Waals surface area contributed by atoms with Crippen LogP contribution in [0.2, 0.25) is 0 Å². The molecule has 1 aromatic rings. The minimum absolute atomic E-state index is 0. The van der Waals surface area contributed by atoms with Crippen molar-refractivity contribution in [3.63, 3.8) is 0 Å². The first-order chi connectivity index (χ1) is 9.32. The van der Waals surface area contributed by atoms with Gasteiger partial charge in [0, 0.05) is 18.2 Å². The Morgan fingerprint density at radius 1 is 1.52 bits per heavy atom. The van der Waals surface area contributed by atoms with E-state index in [4.69, 9.17) is 5.73 Å². The van der Waals surface area contributed by atoms with Crippen molar-refractivity contribution < 1.29 is 4.79 Å². The highest BCUT2D eigenvalue weighted by atomic mass is 35.5. The molecule has 1 atom stereocenters. The van der Waals surface area contributed by atoms with E-state index in [0.717, 1.165) is 0 Å². The number of nitrogens with zero attached hydrogens (tertiary/aromatic N) is 2. The van der Waals surface area contributed by atoms with E-state index in [2.05, 4.69) is 31.2 Å². The molecule has 21 heavy (non-hydrogen) atoms. The summed E-state index contributed by atoms with van der Waals surface area (Å²) in [5.41, 5.74) is 7.17. The summed E-state index contributed by atoms with van der Waals surface area (Å²) < 4.78 is 2.01. The molecule has 0 bridgehead atoms. The molecule has 0 aliphatic heterocycles. The van der Waals surface area contributed by atoms with Crippen LogP contribution in [0.1, 0.15) is 62.6 Å². The third kappa shape index (κ3) is 4.45. The van der Waals surface area contributed by atoms with Crippen molar-refractivity contribution in [3.8, 4) is 0 Å². The van der Waals surface area contributed by atoms with Crippen LogP contribution < -0.4 is 11.1 Å². The maximum atomic E-state index is 12.2. The number of nitrogens with two attached hydrogens (primary N) is 1. The van der Waals surface area contributed by atoms with Gasteiger partial charge < -0.3 is 11.1 Å². The fourth-order valence-electron chi connectivity index (χ4n) is 2.15. The number of amides is 1. The quantitative estimate of drug-likeness (QED) is 0.875. The fourth-order valence-corrected chi connectivity index (χ4v) is 2.15. The summed E-state index contributed by atoms with van der Waals surface area (Å²) in [6.07, 6.45) is 2.40. The number of halogens is 1. The van der Waals surface area contributed by atoms with E-state index in [0.29, 0.717) is 24.7 Å². The van der Waals surface area contributed by atoms with Gasteiger partial charge in [-0.3, -0.25) is 9.48 Å². The molecular weight excluding hydrogens is 288 g/mol. The summed E-state index contributed by atoms with van der Waals surface area (Å²) in [6, 6.07) is 1.95. The summed E-state index contributed by atoms with van der Waals surface area (Å²) in [6.45, 7) is 9.53. The molecule has 6 heteroatoms. The molecule has 1 unspecified atom stereocenters. The summed E-state index contributed by atoms with van der Waals surface area (Å²) in [4.78, 5) is 12.2. The Morgan fingerprint density at radius 3 is 2.62 bits per heavy atom. The fraction of sp³-hybridized carbons (Fsp3) is 0.733. The van der Waals surface area contributed by atoms with Gasteiger partial charge in [0.05, 0.1) is 5.54 Å². The van der Waals surface area contributed by atoms with E-state index in [1.165, 1.54) is 18.5 Å². The molecule has 1 aliphatic carbocycles. The standard InChI is InChI=1S/C15H26N4O.ClH/c1-10(8-16)9-17-14(20)12-7-13(11-5-6-11)19(18-12)15(2,3)4;/h7,10-11H,5-6,8-9,16H2,1-4H3,(H,17,20);1H. The first-order valence-corrected chi connectivity index (χ1v) is 7.41. The number of aromatic nitrogens is 2. The third-order valence-electron chi connectivity index (χ3n) is 3.61. The zero-order valence-corrected chi connectivity index (χ0v) is 14.2. The molecule has 1 saturated carbocycles. The lowest BCUT2D eigenvalue weighted by molar-refractivity contribution is 0.0942. The van der Waals surface area contributed by atoms with Gasteiger partial charge in [-0.1, -0.05) is 6.92 Å². The molecule has 0 aromatic carbocycles. The van der Waals surface area contributed by atoms with Crippen LogP contribution in [0.3, 0.4) is 0 Å². The molecule has 0 radical (unpaired) electrons. The van der Waals surface area contributed by atoms with E-state index in [1.807, 2.05) is 17.7 Å². The highest BCUT2D eigenvalue weighted by Gasteiger charge is 2.32. The second kappa shape index (κ2) is 6.79. The number of carbonyl (C=O) groups is 1. The van der Waals surface area contributed by atoms with Crippen LogP contribution >= 0.6 is 12.4 Å². The predicted octanol–water partition coefficient (Wildman–Crippen LogP) is 2.26. The van der Waals surface area contributed by atoms with Crippen LogP contribution in [0.4, 0.5) is 0 Å². The first-order valence-electron chi connectivity index (χ1n) is 7.41. The molecule has 1 amide bonds. The minimum Gasteiger partial charge on any atom is -0.350 e. The van der Waals surface area contributed by atoms with Gasteiger partial charge in [-0.15, -0.1) is 12.4 Å². The molecular formula is C15H27ClN4O.